The maximum Gasteiger partial charge on any atom is 0.0320 e. The molecule has 0 saturated carbocycles. The quantitative estimate of drug-likeness (QED) is 0.783. The van der Waals surface area contributed by atoms with Gasteiger partial charge in [-0.15, -0.1) is 0 Å². The maximum absolute atomic E-state index is 3.48. The summed E-state index contributed by atoms with van der Waals surface area (Å²) in [6.07, 6.45) is 5.11. The van der Waals surface area contributed by atoms with E-state index in [1.165, 1.54) is 47.9 Å². The molecule has 1 heteroatoms. The van der Waals surface area contributed by atoms with E-state index in [4.69, 9.17) is 0 Å². The van der Waals surface area contributed by atoms with Crippen molar-refractivity contribution < 1.29 is 0 Å². The Labute approximate surface area is 115 Å². The molecule has 0 aliphatic heterocycles. The molecule has 1 nitrogen and oxygen atoms in total. The van der Waals surface area contributed by atoms with E-state index in [2.05, 4.69) is 60.9 Å². The lowest BCUT2D eigenvalue weighted by Gasteiger charge is -2.18. The van der Waals surface area contributed by atoms with E-state index in [1.54, 1.807) is 0 Å². The summed E-state index contributed by atoms with van der Waals surface area (Å²) in [5.74, 6) is 0. The summed E-state index contributed by atoms with van der Waals surface area (Å²) in [4.78, 5) is 0. The van der Waals surface area contributed by atoms with Gasteiger partial charge < -0.3 is 5.32 Å². The topological polar surface area (TPSA) is 12.0 Å². The summed E-state index contributed by atoms with van der Waals surface area (Å²) in [6, 6.07) is 18.2. The van der Waals surface area contributed by atoms with Gasteiger partial charge >= 0.3 is 0 Å². The Morgan fingerprint density at radius 3 is 2.58 bits per heavy atom. The van der Waals surface area contributed by atoms with Crippen molar-refractivity contribution in [2.24, 2.45) is 0 Å². The van der Waals surface area contributed by atoms with Crippen molar-refractivity contribution in [2.75, 3.05) is 7.05 Å². The van der Waals surface area contributed by atoms with Crippen molar-refractivity contribution in [2.45, 2.75) is 31.7 Å². The molecular weight excluding hydrogens is 230 g/mol. The highest BCUT2D eigenvalue weighted by Crippen LogP contribution is 2.32. The Morgan fingerprint density at radius 2 is 1.79 bits per heavy atom. The molecular formula is C18H21N. The highest BCUT2D eigenvalue weighted by atomic mass is 14.9. The molecule has 1 aliphatic carbocycles. The lowest BCUT2D eigenvalue weighted by atomic mass is 9.94. The molecule has 0 radical (unpaired) electrons. The van der Waals surface area contributed by atoms with E-state index in [-0.39, 0.29) is 0 Å². The maximum atomic E-state index is 3.48. The molecule has 2 aromatic rings. The van der Waals surface area contributed by atoms with Crippen LogP contribution in [0.4, 0.5) is 0 Å². The molecule has 98 valence electrons. The normalized spacial score (nSPS) is 18.7. The van der Waals surface area contributed by atoms with Crippen molar-refractivity contribution in [3.8, 4) is 11.1 Å². The zero-order valence-electron chi connectivity index (χ0n) is 11.5. The lowest BCUT2D eigenvalue weighted by Crippen LogP contribution is -2.16. The number of fused-ring (bicyclic) bond motifs is 1. The molecule has 1 atom stereocenters. The van der Waals surface area contributed by atoms with Gasteiger partial charge in [0.2, 0.25) is 0 Å². The third-order valence-corrected chi connectivity index (χ3v) is 4.17. The van der Waals surface area contributed by atoms with Gasteiger partial charge in [0.25, 0.3) is 0 Å². The Hall–Kier alpha value is -1.60. The molecule has 3 rings (SSSR count). The first-order valence-corrected chi connectivity index (χ1v) is 7.24. The minimum atomic E-state index is 0.515. The Balaban J connectivity index is 2.04. The number of benzene rings is 2. The van der Waals surface area contributed by atoms with Crippen LogP contribution in [-0.2, 0) is 6.42 Å². The van der Waals surface area contributed by atoms with Crippen molar-refractivity contribution in [1.82, 2.24) is 5.32 Å². The second kappa shape index (κ2) is 5.58. The van der Waals surface area contributed by atoms with E-state index in [1.807, 2.05) is 0 Å². The van der Waals surface area contributed by atoms with E-state index >= 15 is 0 Å². The van der Waals surface area contributed by atoms with Gasteiger partial charge in [-0.1, -0.05) is 48.9 Å². The molecule has 0 saturated heterocycles. The van der Waals surface area contributed by atoms with Gasteiger partial charge in [0, 0.05) is 6.04 Å². The Bertz CT molecular complexity index is 545. The minimum absolute atomic E-state index is 0.515. The largest absolute Gasteiger partial charge is 0.313 e. The Kier molecular flexibility index (Phi) is 3.65. The molecule has 1 aliphatic rings. The first-order chi connectivity index (χ1) is 9.38. The van der Waals surface area contributed by atoms with Gasteiger partial charge in [-0.25, -0.2) is 0 Å². The van der Waals surface area contributed by atoms with Crippen LogP contribution >= 0.6 is 0 Å². The van der Waals surface area contributed by atoms with Crippen LogP contribution in [0.25, 0.3) is 11.1 Å². The fraction of sp³-hybridized carbons (Fsp3) is 0.333. The summed E-state index contributed by atoms with van der Waals surface area (Å²) in [5, 5.41) is 3.48. The van der Waals surface area contributed by atoms with Gasteiger partial charge in [-0.3, -0.25) is 0 Å². The highest BCUT2D eigenvalue weighted by molar-refractivity contribution is 5.65. The standard InChI is InChI=1S/C18H21N/c1-19-18-10-6-5-9-15-11-12-16(13-17(15)18)14-7-3-2-4-8-14/h2-4,7-8,11-13,18-19H,5-6,9-10H2,1H3. The average Bonchev–Trinajstić information content (AvgIpc) is 2.69. The Morgan fingerprint density at radius 1 is 0.947 bits per heavy atom. The van der Waals surface area contributed by atoms with Crippen molar-refractivity contribution in [3.05, 3.63) is 59.7 Å². The molecule has 0 amide bonds. The predicted molar refractivity (Wildman–Crippen MR) is 81.2 cm³/mol. The predicted octanol–water partition coefficient (Wildman–Crippen LogP) is 4.34. The van der Waals surface area contributed by atoms with Crippen molar-refractivity contribution in [3.63, 3.8) is 0 Å². The van der Waals surface area contributed by atoms with Crippen LogP contribution in [0.2, 0.25) is 0 Å². The third kappa shape index (κ3) is 2.57. The van der Waals surface area contributed by atoms with Crippen LogP contribution in [-0.4, -0.2) is 7.05 Å². The SMILES string of the molecule is CNC1CCCCc2ccc(-c3ccccc3)cc21. The van der Waals surface area contributed by atoms with Gasteiger partial charge in [0.05, 0.1) is 0 Å². The summed E-state index contributed by atoms with van der Waals surface area (Å²) in [5.41, 5.74) is 5.67. The molecule has 1 N–H and O–H groups in total. The minimum Gasteiger partial charge on any atom is -0.313 e. The number of hydrogen-bond acceptors (Lipinski definition) is 1. The molecule has 0 aromatic heterocycles. The summed E-state index contributed by atoms with van der Waals surface area (Å²) >= 11 is 0. The van der Waals surface area contributed by atoms with Crippen molar-refractivity contribution >= 4 is 0 Å². The van der Waals surface area contributed by atoms with E-state index in [0.29, 0.717) is 6.04 Å². The van der Waals surface area contributed by atoms with E-state index in [9.17, 15) is 0 Å². The summed E-state index contributed by atoms with van der Waals surface area (Å²) < 4.78 is 0. The first-order valence-electron chi connectivity index (χ1n) is 7.24. The zero-order valence-corrected chi connectivity index (χ0v) is 11.5. The van der Waals surface area contributed by atoms with Gasteiger partial charge in [-0.05, 0) is 54.6 Å². The van der Waals surface area contributed by atoms with Crippen LogP contribution in [0, 0.1) is 0 Å². The zero-order chi connectivity index (χ0) is 13.1. The fourth-order valence-electron chi connectivity index (χ4n) is 3.08. The highest BCUT2D eigenvalue weighted by Gasteiger charge is 2.17. The van der Waals surface area contributed by atoms with Crippen LogP contribution in [0.15, 0.2) is 48.5 Å². The third-order valence-electron chi connectivity index (χ3n) is 4.17. The number of nitrogens with one attached hydrogen (secondary N) is 1. The number of aryl methyl sites for hydroxylation is 1. The fourth-order valence-corrected chi connectivity index (χ4v) is 3.08. The second-order valence-corrected chi connectivity index (χ2v) is 5.37. The van der Waals surface area contributed by atoms with Crippen LogP contribution in [0.5, 0.6) is 0 Å². The van der Waals surface area contributed by atoms with E-state index in [0.717, 1.165) is 0 Å². The van der Waals surface area contributed by atoms with Crippen LogP contribution < -0.4 is 5.32 Å². The molecule has 0 bridgehead atoms. The van der Waals surface area contributed by atoms with Crippen molar-refractivity contribution in [1.29, 1.82) is 0 Å². The number of hydrogen-bond donors (Lipinski definition) is 1. The first kappa shape index (κ1) is 12.4. The average molecular weight is 251 g/mol. The van der Waals surface area contributed by atoms with Gasteiger partial charge in [0.15, 0.2) is 0 Å². The molecule has 1 unspecified atom stereocenters. The smallest absolute Gasteiger partial charge is 0.0320 e. The van der Waals surface area contributed by atoms with Gasteiger partial charge in [0.1, 0.15) is 0 Å². The molecule has 19 heavy (non-hydrogen) atoms. The lowest BCUT2D eigenvalue weighted by molar-refractivity contribution is 0.533. The molecule has 2 aromatic carbocycles. The van der Waals surface area contributed by atoms with E-state index < -0.39 is 0 Å². The molecule has 0 spiro atoms. The molecule has 0 heterocycles. The van der Waals surface area contributed by atoms with Crippen LogP contribution in [0.3, 0.4) is 0 Å². The summed E-state index contributed by atoms with van der Waals surface area (Å²) in [7, 11) is 2.08. The summed E-state index contributed by atoms with van der Waals surface area (Å²) in [6.45, 7) is 0. The van der Waals surface area contributed by atoms with Gasteiger partial charge in [-0.2, -0.15) is 0 Å². The monoisotopic (exact) mass is 251 g/mol. The van der Waals surface area contributed by atoms with Crippen LogP contribution in [0.1, 0.15) is 36.4 Å². The second-order valence-electron chi connectivity index (χ2n) is 5.37. The molecule has 0 fully saturated rings. The number of rotatable bonds is 2.